The number of aryl methyl sites for hydroxylation is 3. The number of anilines is 2. The topological polar surface area (TPSA) is 282 Å². The molecule has 0 bridgehead atoms. The molecule has 0 amide bonds. The van der Waals surface area contributed by atoms with Gasteiger partial charge in [0, 0.05) is 70.3 Å². The number of nitrogens with two attached hydrogens (primary N) is 2. The number of aromatic hydroxyl groups is 3. The first-order chi connectivity index (χ1) is 47.7. The summed E-state index contributed by atoms with van der Waals surface area (Å²) >= 11 is 10.6. The fraction of sp³-hybridized carbons (Fsp3) is 0.154. The van der Waals surface area contributed by atoms with E-state index in [2.05, 4.69) is 45.7 Å². The lowest BCUT2D eigenvalue weighted by atomic mass is 9.97. The predicted molar refractivity (Wildman–Crippen MR) is 403 cm³/mol. The maximum absolute atomic E-state index is 13.5. The standard InChI is InChI=1S/C26H20Br2O5.C26H20I2O5.C26H24N2O5/c3*1-2-3-9-21-23(24(29)16-12-19(27)25(30)20(28)13-16)18-11-10-17(14-22(18)33-21)32-26(31)15-7-5-4-6-8-15/h2*4-8,10-14,30H,2-3,9H2,1H3;4-8,10-14,30H,2-3,9,27-28H2,1H3. The molecule has 12 aromatic rings. The summed E-state index contributed by atoms with van der Waals surface area (Å²) in [5, 5.41) is 31.8. The lowest BCUT2D eigenvalue weighted by Crippen LogP contribution is -2.08. The van der Waals surface area contributed by atoms with Gasteiger partial charge in [0.2, 0.25) is 0 Å². The second kappa shape index (κ2) is 32.9. The predicted octanol–water partition coefficient (Wildman–Crippen LogP) is 19.7. The van der Waals surface area contributed by atoms with Crippen LogP contribution < -0.4 is 25.7 Å². The Morgan fingerprint density at radius 2 is 0.677 bits per heavy atom. The van der Waals surface area contributed by atoms with Gasteiger partial charge in [-0.25, -0.2) is 14.4 Å². The molecule has 17 nitrogen and oxygen atoms in total. The van der Waals surface area contributed by atoms with Gasteiger partial charge in [-0.05, 0) is 205 Å². The maximum Gasteiger partial charge on any atom is 0.343 e. The largest absolute Gasteiger partial charge is 0.506 e. The van der Waals surface area contributed by atoms with Gasteiger partial charge in [-0.15, -0.1) is 0 Å². The summed E-state index contributed by atoms with van der Waals surface area (Å²) in [6.45, 7) is 6.20. The minimum atomic E-state index is -0.487. The third-order valence-corrected chi connectivity index (χ3v) is 18.7. The molecule has 3 aromatic heterocycles. The van der Waals surface area contributed by atoms with Crippen molar-refractivity contribution < 1.29 is 71.5 Å². The van der Waals surface area contributed by atoms with Gasteiger partial charge in [-0.1, -0.05) is 94.6 Å². The van der Waals surface area contributed by atoms with E-state index in [-0.39, 0.29) is 51.5 Å². The van der Waals surface area contributed by atoms with E-state index in [4.69, 9.17) is 38.9 Å². The van der Waals surface area contributed by atoms with Gasteiger partial charge in [0.1, 0.15) is 62.8 Å². The Morgan fingerprint density at radius 3 is 0.980 bits per heavy atom. The van der Waals surface area contributed by atoms with E-state index in [1.54, 1.807) is 152 Å². The number of unbranched alkanes of at least 4 members (excludes halogenated alkanes) is 3. The molecule has 99 heavy (non-hydrogen) atoms. The Labute approximate surface area is 613 Å². The first kappa shape index (κ1) is 72.2. The average molecular weight is 1680 g/mol. The molecule has 0 radical (unpaired) electrons. The van der Waals surface area contributed by atoms with Crippen molar-refractivity contribution in [3.05, 3.63) is 265 Å². The fourth-order valence-electron chi connectivity index (χ4n) is 10.7. The van der Waals surface area contributed by atoms with Crippen LogP contribution in [0, 0.1) is 7.14 Å². The van der Waals surface area contributed by atoms with Crippen LogP contribution in [0.2, 0.25) is 0 Å². The van der Waals surface area contributed by atoms with E-state index in [1.807, 2.05) is 70.3 Å². The van der Waals surface area contributed by atoms with Crippen molar-refractivity contribution in [3.63, 3.8) is 0 Å². The number of fused-ring (bicyclic) bond motifs is 3. The number of furan rings is 3. The number of ether oxygens (including phenoxy) is 3. The molecule has 0 saturated heterocycles. The molecule has 12 rings (SSSR count). The van der Waals surface area contributed by atoms with Crippen LogP contribution >= 0.6 is 77.0 Å². The van der Waals surface area contributed by atoms with Crippen molar-refractivity contribution in [1.82, 2.24) is 0 Å². The Kier molecular flexibility index (Phi) is 24.0. The van der Waals surface area contributed by atoms with Crippen LogP contribution in [-0.2, 0) is 19.3 Å². The third kappa shape index (κ3) is 17.0. The third-order valence-electron chi connectivity index (χ3n) is 15.8. The second-order valence-corrected chi connectivity index (χ2v) is 26.9. The Morgan fingerprint density at radius 1 is 0.384 bits per heavy atom. The number of benzene rings is 9. The van der Waals surface area contributed by atoms with Crippen molar-refractivity contribution >= 4 is 157 Å². The molecular weight excluding hydrogens is 1620 g/mol. The first-order valence-electron chi connectivity index (χ1n) is 31.5. The molecule has 0 saturated carbocycles. The number of rotatable bonds is 21. The highest BCUT2D eigenvalue weighted by atomic mass is 127. The number of ketones is 3. The fourth-order valence-corrected chi connectivity index (χ4v) is 13.7. The molecule has 21 heteroatoms. The highest BCUT2D eigenvalue weighted by Crippen LogP contribution is 2.40. The van der Waals surface area contributed by atoms with Crippen molar-refractivity contribution in [2.45, 2.75) is 78.6 Å². The van der Waals surface area contributed by atoms with Crippen LogP contribution in [0.5, 0.6) is 34.5 Å². The number of hydrogen-bond acceptors (Lipinski definition) is 17. The smallest absolute Gasteiger partial charge is 0.343 e. The normalized spacial score (nSPS) is 11.0. The molecule has 0 fully saturated rings. The van der Waals surface area contributed by atoms with E-state index in [0.29, 0.717) is 147 Å². The SMILES string of the molecule is CCCCc1oc2cc(OC(=O)c3ccccc3)ccc2c1C(=O)c1cc(Br)c(O)c(Br)c1.CCCCc1oc2cc(OC(=O)c3ccccc3)ccc2c1C(=O)c1cc(I)c(O)c(I)c1.CCCCc1oc2cc(OC(=O)c3ccccc3)ccc2c1C(=O)c1cc(N)c(O)c(N)c1. The lowest BCUT2D eigenvalue weighted by Gasteiger charge is -2.08. The van der Waals surface area contributed by atoms with Crippen molar-refractivity contribution in [2.24, 2.45) is 0 Å². The van der Waals surface area contributed by atoms with Gasteiger partial charge in [-0.3, -0.25) is 14.4 Å². The van der Waals surface area contributed by atoms with Gasteiger partial charge >= 0.3 is 17.9 Å². The van der Waals surface area contributed by atoms with Crippen LogP contribution in [0.4, 0.5) is 11.4 Å². The van der Waals surface area contributed by atoms with Crippen LogP contribution in [0.3, 0.4) is 0 Å². The van der Waals surface area contributed by atoms with Gasteiger partial charge in [-0.2, -0.15) is 0 Å². The molecule has 0 aliphatic rings. The molecule has 0 aliphatic heterocycles. The lowest BCUT2D eigenvalue weighted by molar-refractivity contribution is 0.0725. The van der Waals surface area contributed by atoms with Crippen molar-refractivity contribution in [2.75, 3.05) is 11.5 Å². The van der Waals surface area contributed by atoms with E-state index < -0.39 is 17.9 Å². The number of carbonyl (C=O) groups is 6. The first-order valence-corrected chi connectivity index (χ1v) is 35.3. The second-order valence-electron chi connectivity index (χ2n) is 22.8. The Hall–Kier alpha value is -9.56. The summed E-state index contributed by atoms with van der Waals surface area (Å²) in [5.41, 5.74) is 16.9. The number of phenols is 3. The number of carbonyl (C=O) groups excluding carboxylic acids is 6. The Bertz CT molecular complexity index is 4460. The summed E-state index contributed by atoms with van der Waals surface area (Å²) in [6.07, 6.45) is 7.18. The van der Waals surface area contributed by atoms with E-state index >= 15 is 0 Å². The zero-order valence-electron chi connectivity index (χ0n) is 53.6. The van der Waals surface area contributed by atoms with Crippen molar-refractivity contribution in [1.29, 1.82) is 0 Å². The highest BCUT2D eigenvalue weighted by molar-refractivity contribution is 14.1. The maximum atomic E-state index is 13.5. The molecule has 0 unspecified atom stereocenters. The number of esters is 3. The highest BCUT2D eigenvalue weighted by Gasteiger charge is 2.28. The molecule has 9 aromatic carbocycles. The molecule has 0 aliphatic carbocycles. The molecule has 3 heterocycles. The van der Waals surface area contributed by atoms with E-state index in [0.717, 1.165) is 38.5 Å². The minimum Gasteiger partial charge on any atom is -0.506 e. The van der Waals surface area contributed by atoms with E-state index in [1.165, 1.54) is 12.1 Å². The number of hydrogen-bond donors (Lipinski definition) is 5. The zero-order valence-corrected chi connectivity index (χ0v) is 61.1. The summed E-state index contributed by atoms with van der Waals surface area (Å²) in [4.78, 5) is 77.7. The monoisotopic (exact) mass is 1680 g/mol. The van der Waals surface area contributed by atoms with Gasteiger partial charge < -0.3 is 54.2 Å². The van der Waals surface area contributed by atoms with Crippen LogP contribution in [0.1, 0.15) is 155 Å². The Balaban J connectivity index is 0.000000161. The van der Waals surface area contributed by atoms with Crippen LogP contribution in [0.25, 0.3) is 32.9 Å². The minimum absolute atomic E-state index is 0.0244. The molecular formula is C78H64Br2I2N2O15. The van der Waals surface area contributed by atoms with Gasteiger partial charge in [0.25, 0.3) is 0 Å². The zero-order chi connectivity index (χ0) is 70.6. The summed E-state index contributed by atoms with van der Waals surface area (Å²) in [5.74, 6) is 0.566. The van der Waals surface area contributed by atoms with E-state index in [9.17, 15) is 44.1 Å². The quantitative estimate of drug-likeness (QED) is 0.0112. The summed E-state index contributed by atoms with van der Waals surface area (Å²) < 4.78 is 36.8. The van der Waals surface area contributed by atoms with Crippen molar-refractivity contribution in [3.8, 4) is 34.5 Å². The van der Waals surface area contributed by atoms with Crippen LogP contribution in [-0.4, -0.2) is 50.6 Å². The number of phenolic OH excluding ortho intramolecular Hbond substituents is 3. The average Bonchev–Trinajstić information content (AvgIpc) is 1.65. The molecule has 0 spiro atoms. The molecule has 7 N–H and O–H groups in total. The summed E-state index contributed by atoms with van der Waals surface area (Å²) in [6, 6.07) is 50.5. The van der Waals surface area contributed by atoms with Gasteiger partial charge in [0.15, 0.2) is 23.1 Å². The number of nitrogen functional groups attached to an aromatic ring is 2. The van der Waals surface area contributed by atoms with Gasteiger partial charge in [0.05, 0.1) is 60.8 Å². The summed E-state index contributed by atoms with van der Waals surface area (Å²) in [7, 11) is 0. The molecule has 0 atom stereocenters. The number of halogens is 4. The molecule has 504 valence electrons. The van der Waals surface area contributed by atoms with Crippen LogP contribution in [0.15, 0.2) is 204 Å².